The second-order valence-electron chi connectivity index (χ2n) is 2.91. The molecule has 0 radical (unpaired) electrons. The molecule has 0 aromatic heterocycles. The zero-order valence-electron chi connectivity index (χ0n) is 8.49. The van der Waals surface area contributed by atoms with E-state index in [0.717, 1.165) is 0 Å². The number of benzene rings is 1. The predicted octanol–water partition coefficient (Wildman–Crippen LogP) is 1.27. The number of hydrogen-bond acceptors (Lipinski definition) is 3. The fourth-order valence-corrected chi connectivity index (χ4v) is 1.40. The smallest absolute Gasteiger partial charge is 0.336 e. The van der Waals surface area contributed by atoms with Crippen molar-refractivity contribution in [2.75, 3.05) is 13.7 Å². The molecule has 1 aromatic rings. The third-order valence-electron chi connectivity index (χ3n) is 1.82. The number of aromatic carboxylic acids is 1. The van der Waals surface area contributed by atoms with Crippen molar-refractivity contribution in [3.05, 3.63) is 28.2 Å². The van der Waals surface area contributed by atoms with Gasteiger partial charge in [-0.2, -0.15) is 0 Å². The van der Waals surface area contributed by atoms with E-state index in [2.05, 4.69) is 21.2 Å². The Morgan fingerprint density at radius 2 is 2.19 bits per heavy atom. The van der Waals surface area contributed by atoms with Gasteiger partial charge in [0.2, 0.25) is 0 Å². The van der Waals surface area contributed by atoms with Gasteiger partial charge in [0.05, 0.1) is 5.56 Å². The van der Waals surface area contributed by atoms with Crippen molar-refractivity contribution < 1.29 is 19.4 Å². The first-order valence-electron chi connectivity index (χ1n) is 4.41. The van der Waals surface area contributed by atoms with Crippen molar-refractivity contribution >= 4 is 27.8 Å². The molecule has 0 bridgehead atoms. The van der Waals surface area contributed by atoms with Crippen LogP contribution in [-0.4, -0.2) is 30.6 Å². The number of carboxylic acids is 1. The standard InChI is InChI=1S/C10H10BrNO4/c1-12-9(13)5-16-6-2-3-8(11)7(4-6)10(14)15/h2-4H,5H2,1H3,(H,12,13)(H,14,15). The molecule has 0 fully saturated rings. The molecule has 0 atom stereocenters. The van der Waals surface area contributed by atoms with E-state index in [1.807, 2.05) is 0 Å². The van der Waals surface area contributed by atoms with Gasteiger partial charge in [-0.25, -0.2) is 4.79 Å². The van der Waals surface area contributed by atoms with E-state index in [9.17, 15) is 9.59 Å². The summed E-state index contributed by atoms with van der Waals surface area (Å²) < 4.78 is 5.57. The van der Waals surface area contributed by atoms with Gasteiger partial charge in [-0.05, 0) is 34.1 Å². The predicted molar refractivity (Wildman–Crippen MR) is 60.7 cm³/mol. The zero-order chi connectivity index (χ0) is 12.1. The SMILES string of the molecule is CNC(=O)COc1ccc(Br)c(C(=O)O)c1. The fourth-order valence-electron chi connectivity index (χ4n) is 0.979. The maximum absolute atomic E-state index is 10.9. The molecule has 16 heavy (non-hydrogen) atoms. The second kappa shape index (κ2) is 5.50. The molecule has 0 unspecified atom stereocenters. The van der Waals surface area contributed by atoms with Gasteiger partial charge in [0, 0.05) is 11.5 Å². The highest BCUT2D eigenvalue weighted by Crippen LogP contribution is 2.22. The van der Waals surface area contributed by atoms with Gasteiger partial charge in [0.15, 0.2) is 6.61 Å². The molecule has 0 heterocycles. The second-order valence-corrected chi connectivity index (χ2v) is 3.76. The number of nitrogens with one attached hydrogen (secondary N) is 1. The lowest BCUT2D eigenvalue weighted by atomic mass is 10.2. The van der Waals surface area contributed by atoms with E-state index in [4.69, 9.17) is 9.84 Å². The molecule has 86 valence electrons. The Morgan fingerprint density at radius 3 is 2.75 bits per heavy atom. The lowest BCUT2D eigenvalue weighted by Gasteiger charge is -2.06. The van der Waals surface area contributed by atoms with Gasteiger partial charge in [-0.1, -0.05) is 0 Å². The summed E-state index contributed by atoms with van der Waals surface area (Å²) in [5, 5.41) is 11.2. The van der Waals surface area contributed by atoms with Crippen LogP contribution < -0.4 is 10.1 Å². The van der Waals surface area contributed by atoms with Crippen molar-refractivity contribution in [2.24, 2.45) is 0 Å². The molecule has 0 saturated carbocycles. The molecule has 1 aromatic carbocycles. The lowest BCUT2D eigenvalue weighted by Crippen LogP contribution is -2.24. The maximum Gasteiger partial charge on any atom is 0.336 e. The van der Waals surface area contributed by atoms with Crippen LogP contribution in [0.25, 0.3) is 0 Å². The van der Waals surface area contributed by atoms with Gasteiger partial charge in [0.25, 0.3) is 5.91 Å². The molecule has 6 heteroatoms. The number of likely N-dealkylation sites (N-methyl/N-ethyl adjacent to an activating group) is 1. The Bertz CT molecular complexity index is 419. The highest BCUT2D eigenvalue weighted by molar-refractivity contribution is 9.10. The van der Waals surface area contributed by atoms with E-state index < -0.39 is 5.97 Å². The Kier molecular flexibility index (Phi) is 4.30. The average Bonchev–Trinajstić information content (AvgIpc) is 2.27. The highest BCUT2D eigenvalue weighted by Gasteiger charge is 2.10. The third kappa shape index (κ3) is 3.23. The summed E-state index contributed by atoms with van der Waals surface area (Å²) in [4.78, 5) is 21.7. The van der Waals surface area contributed by atoms with Crippen molar-refractivity contribution in [1.82, 2.24) is 5.32 Å². The van der Waals surface area contributed by atoms with Crippen LogP contribution in [-0.2, 0) is 4.79 Å². The molecule has 1 amide bonds. The Morgan fingerprint density at radius 1 is 1.50 bits per heavy atom. The fraction of sp³-hybridized carbons (Fsp3) is 0.200. The number of halogens is 1. The molecular weight excluding hydrogens is 278 g/mol. The third-order valence-corrected chi connectivity index (χ3v) is 2.51. The number of carbonyl (C=O) groups excluding carboxylic acids is 1. The quantitative estimate of drug-likeness (QED) is 0.875. The number of amides is 1. The summed E-state index contributed by atoms with van der Waals surface area (Å²) in [6, 6.07) is 4.50. The molecule has 5 nitrogen and oxygen atoms in total. The van der Waals surface area contributed by atoms with Crippen LogP contribution in [0, 0.1) is 0 Å². The number of carboxylic acid groups (broad SMARTS) is 1. The minimum atomic E-state index is -1.06. The number of carbonyl (C=O) groups is 2. The van der Waals surface area contributed by atoms with E-state index in [1.165, 1.54) is 13.1 Å². The maximum atomic E-state index is 10.9. The molecule has 0 saturated heterocycles. The summed E-state index contributed by atoms with van der Waals surface area (Å²) >= 11 is 3.11. The molecule has 0 aliphatic heterocycles. The van der Waals surface area contributed by atoms with Crippen LogP contribution in [0.3, 0.4) is 0 Å². The van der Waals surface area contributed by atoms with Gasteiger partial charge in [-0.3, -0.25) is 4.79 Å². The summed E-state index contributed by atoms with van der Waals surface area (Å²) in [6.07, 6.45) is 0. The van der Waals surface area contributed by atoms with E-state index >= 15 is 0 Å². The Labute approximate surface area is 101 Å². The van der Waals surface area contributed by atoms with Gasteiger partial charge in [-0.15, -0.1) is 0 Å². The normalized spacial score (nSPS) is 9.62. The monoisotopic (exact) mass is 287 g/mol. The largest absolute Gasteiger partial charge is 0.484 e. The van der Waals surface area contributed by atoms with Crippen LogP contribution in [0.1, 0.15) is 10.4 Å². The first-order valence-corrected chi connectivity index (χ1v) is 5.20. The Balaban J connectivity index is 2.79. The summed E-state index contributed by atoms with van der Waals surface area (Å²) in [5.74, 6) is -0.999. The summed E-state index contributed by atoms with van der Waals surface area (Å²) in [5.41, 5.74) is 0.0920. The number of hydrogen-bond donors (Lipinski definition) is 2. The summed E-state index contributed by atoms with van der Waals surface area (Å²) in [7, 11) is 1.50. The molecule has 0 aliphatic rings. The van der Waals surface area contributed by atoms with Crippen molar-refractivity contribution in [3.63, 3.8) is 0 Å². The van der Waals surface area contributed by atoms with E-state index in [1.54, 1.807) is 12.1 Å². The first kappa shape index (κ1) is 12.5. The van der Waals surface area contributed by atoms with Gasteiger partial charge < -0.3 is 15.2 Å². The van der Waals surface area contributed by atoms with Gasteiger partial charge >= 0.3 is 5.97 Å². The average molecular weight is 288 g/mol. The van der Waals surface area contributed by atoms with Crippen molar-refractivity contribution in [1.29, 1.82) is 0 Å². The number of ether oxygens (including phenoxy) is 1. The minimum Gasteiger partial charge on any atom is -0.484 e. The molecule has 0 aliphatic carbocycles. The van der Waals surface area contributed by atoms with Crippen molar-refractivity contribution in [3.8, 4) is 5.75 Å². The zero-order valence-corrected chi connectivity index (χ0v) is 10.1. The molecule has 1 rings (SSSR count). The lowest BCUT2D eigenvalue weighted by molar-refractivity contribution is -0.122. The van der Waals surface area contributed by atoms with Crippen LogP contribution in [0.2, 0.25) is 0 Å². The molecular formula is C10H10BrNO4. The molecule has 0 spiro atoms. The van der Waals surface area contributed by atoms with E-state index in [0.29, 0.717) is 10.2 Å². The van der Waals surface area contributed by atoms with Crippen LogP contribution >= 0.6 is 15.9 Å². The van der Waals surface area contributed by atoms with Crippen LogP contribution in [0.15, 0.2) is 22.7 Å². The Hall–Kier alpha value is -1.56. The number of rotatable bonds is 4. The highest BCUT2D eigenvalue weighted by atomic mass is 79.9. The van der Waals surface area contributed by atoms with Gasteiger partial charge in [0.1, 0.15) is 5.75 Å². The minimum absolute atomic E-state index is 0.0920. The van der Waals surface area contributed by atoms with Crippen LogP contribution in [0.5, 0.6) is 5.75 Å². The first-order chi connectivity index (χ1) is 7.54. The van der Waals surface area contributed by atoms with E-state index in [-0.39, 0.29) is 18.1 Å². The van der Waals surface area contributed by atoms with Crippen molar-refractivity contribution in [2.45, 2.75) is 0 Å². The molecule has 2 N–H and O–H groups in total. The summed E-state index contributed by atoms with van der Waals surface area (Å²) in [6.45, 7) is -0.142. The topological polar surface area (TPSA) is 75.6 Å². The van der Waals surface area contributed by atoms with Crippen LogP contribution in [0.4, 0.5) is 0 Å².